The van der Waals surface area contributed by atoms with Gasteiger partial charge in [-0.3, -0.25) is 14.9 Å². The first kappa shape index (κ1) is 18.2. The number of aryl methyl sites for hydroxylation is 1. The van der Waals surface area contributed by atoms with Crippen molar-refractivity contribution in [3.8, 4) is 5.75 Å². The predicted molar refractivity (Wildman–Crippen MR) is 89.9 cm³/mol. The molecule has 0 fully saturated rings. The Morgan fingerprint density at radius 2 is 2.00 bits per heavy atom. The molecular weight excluding hydrogens is 352 g/mol. The number of anilines is 1. The van der Waals surface area contributed by atoms with Gasteiger partial charge in [0.1, 0.15) is 11.3 Å². The van der Waals surface area contributed by atoms with Gasteiger partial charge in [0.05, 0.1) is 4.92 Å². The fourth-order valence-electron chi connectivity index (χ4n) is 1.97. The number of amides is 1. The minimum Gasteiger partial charge on any atom is -0.507 e. The lowest BCUT2D eigenvalue weighted by molar-refractivity contribution is -0.384. The van der Waals surface area contributed by atoms with Crippen molar-refractivity contribution in [1.82, 2.24) is 0 Å². The SMILES string of the molecule is Cc1cc([N+](=O)[O-])ccc1NC(=O)COC(=O)c1cc(Cl)ccc1O. The third-order valence-electron chi connectivity index (χ3n) is 3.21. The zero-order chi connectivity index (χ0) is 18.6. The summed E-state index contributed by atoms with van der Waals surface area (Å²) in [6, 6.07) is 7.80. The Balaban J connectivity index is 1.98. The summed E-state index contributed by atoms with van der Waals surface area (Å²) in [5, 5.41) is 23.0. The number of nitrogens with zero attached hydrogens (tertiary/aromatic N) is 1. The zero-order valence-electron chi connectivity index (χ0n) is 13.0. The molecule has 0 saturated heterocycles. The molecule has 0 saturated carbocycles. The second-order valence-electron chi connectivity index (χ2n) is 5.04. The van der Waals surface area contributed by atoms with Gasteiger partial charge >= 0.3 is 5.97 Å². The third-order valence-corrected chi connectivity index (χ3v) is 3.44. The molecule has 0 aliphatic carbocycles. The highest BCUT2D eigenvalue weighted by Crippen LogP contribution is 2.23. The molecular formula is C16H13ClN2O6. The number of carbonyl (C=O) groups is 2. The van der Waals surface area contributed by atoms with Crippen LogP contribution in [0.2, 0.25) is 5.02 Å². The van der Waals surface area contributed by atoms with Crippen molar-refractivity contribution in [3.63, 3.8) is 0 Å². The number of phenols is 1. The number of benzene rings is 2. The van der Waals surface area contributed by atoms with Crippen LogP contribution in [0.3, 0.4) is 0 Å². The van der Waals surface area contributed by atoms with E-state index in [4.69, 9.17) is 16.3 Å². The molecule has 0 aromatic heterocycles. The Hall–Kier alpha value is -3.13. The zero-order valence-corrected chi connectivity index (χ0v) is 13.7. The molecule has 0 heterocycles. The number of halogens is 1. The average Bonchev–Trinajstić information content (AvgIpc) is 2.56. The summed E-state index contributed by atoms with van der Waals surface area (Å²) in [5.74, 6) is -1.86. The van der Waals surface area contributed by atoms with Gasteiger partial charge < -0.3 is 15.2 Å². The Kier molecular flexibility index (Phi) is 5.56. The van der Waals surface area contributed by atoms with E-state index in [2.05, 4.69) is 5.32 Å². The highest BCUT2D eigenvalue weighted by Gasteiger charge is 2.16. The number of aromatic hydroxyl groups is 1. The van der Waals surface area contributed by atoms with Gasteiger partial charge in [-0.1, -0.05) is 11.6 Å². The maximum absolute atomic E-state index is 11.9. The van der Waals surface area contributed by atoms with Gasteiger partial charge in [-0.25, -0.2) is 4.79 Å². The lowest BCUT2D eigenvalue weighted by Gasteiger charge is -2.09. The smallest absolute Gasteiger partial charge is 0.342 e. The third kappa shape index (κ3) is 4.67. The van der Waals surface area contributed by atoms with Gasteiger partial charge in [-0.2, -0.15) is 0 Å². The van der Waals surface area contributed by atoms with Gasteiger partial charge in [0.25, 0.3) is 11.6 Å². The van der Waals surface area contributed by atoms with Crippen molar-refractivity contribution in [1.29, 1.82) is 0 Å². The average molecular weight is 365 g/mol. The Morgan fingerprint density at radius 3 is 2.64 bits per heavy atom. The summed E-state index contributed by atoms with van der Waals surface area (Å²) in [6.45, 7) is 1.000. The van der Waals surface area contributed by atoms with Crippen LogP contribution in [-0.4, -0.2) is 28.5 Å². The molecule has 130 valence electrons. The number of nitro benzene ring substituents is 1. The first-order chi connectivity index (χ1) is 11.8. The van der Waals surface area contributed by atoms with Crippen LogP contribution in [0.1, 0.15) is 15.9 Å². The van der Waals surface area contributed by atoms with Gasteiger partial charge in [-0.15, -0.1) is 0 Å². The van der Waals surface area contributed by atoms with Crippen molar-refractivity contribution in [3.05, 3.63) is 62.7 Å². The van der Waals surface area contributed by atoms with Crippen LogP contribution in [0, 0.1) is 17.0 Å². The number of hydrogen-bond donors (Lipinski definition) is 2. The first-order valence-corrected chi connectivity index (χ1v) is 7.36. The van der Waals surface area contributed by atoms with E-state index >= 15 is 0 Å². The fourth-order valence-corrected chi connectivity index (χ4v) is 2.14. The van der Waals surface area contributed by atoms with Gasteiger partial charge in [0.2, 0.25) is 0 Å². The van der Waals surface area contributed by atoms with E-state index in [1.807, 2.05) is 0 Å². The quantitative estimate of drug-likeness (QED) is 0.478. The molecule has 2 rings (SSSR count). The maximum atomic E-state index is 11.9. The molecule has 2 aromatic carbocycles. The van der Waals surface area contributed by atoms with Crippen molar-refractivity contribution >= 4 is 34.9 Å². The number of esters is 1. The number of carbonyl (C=O) groups excluding carboxylic acids is 2. The summed E-state index contributed by atoms with van der Waals surface area (Å²) in [5.41, 5.74) is 0.587. The summed E-state index contributed by atoms with van der Waals surface area (Å²) < 4.78 is 4.82. The fraction of sp³-hybridized carbons (Fsp3) is 0.125. The molecule has 2 aromatic rings. The van der Waals surface area contributed by atoms with Gasteiger partial charge in [0, 0.05) is 22.8 Å². The van der Waals surface area contributed by atoms with Crippen LogP contribution in [0.15, 0.2) is 36.4 Å². The topological polar surface area (TPSA) is 119 Å². The summed E-state index contributed by atoms with van der Waals surface area (Å²) in [6.07, 6.45) is 0. The van der Waals surface area contributed by atoms with E-state index in [-0.39, 0.29) is 22.0 Å². The second kappa shape index (κ2) is 7.63. The number of hydrogen-bond acceptors (Lipinski definition) is 6. The molecule has 25 heavy (non-hydrogen) atoms. The van der Waals surface area contributed by atoms with Crippen LogP contribution in [0.4, 0.5) is 11.4 Å². The monoisotopic (exact) mass is 364 g/mol. The van der Waals surface area contributed by atoms with Crippen LogP contribution in [-0.2, 0) is 9.53 Å². The minimum absolute atomic E-state index is 0.0987. The number of nitrogens with one attached hydrogen (secondary N) is 1. The van der Waals surface area contributed by atoms with Crippen molar-refractivity contribution in [2.45, 2.75) is 6.92 Å². The molecule has 8 nitrogen and oxygen atoms in total. The van der Waals surface area contributed by atoms with Crippen LogP contribution < -0.4 is 5.32 Å². The minimum atomic E-state index is -0.907. The molecule has 0 bridgehead atoms. The van der Waals surface area contributed by atoms with Gasteiger partial charge in [0.15, 0.2) is 6.61 Å². The molecule has 0 aliphatic rings. The van der Waals surface area contributed by atoms with E-state index in [0.29, 0.717) is 11.3 Å². The number of non-ortho nitro benzene ring substituents is 1. The number of nitro groups is 1. The van der Waals surface area contributed by atoms with E-state index < -0.39 is 23.4 Å². The molecule has 0 spiro atoms. The Labute approximate surface area is 147 Å². The van der Waals surface area contributed by atoms with Gasteiger partial charge in [-0.05, 0) is 36.8 Å². The van der Waals surface area contributed by atoms with E-state index in [1.165, 1.54) is 36.4 Å². The summed E-state index contributed by atoms with van der Waals surface area (Å²) >= 11 is 5.74. The lowest BCUT2D eigenvalue weighted by Crippen LogP contribution is -2.21. The van der Waals surface area contributed by atoms with Crippen molar-refractivity contribution in [2.24, 2.45) is 0 Å². The molecule has 9 heteroatoms. The molecule has 1 amide bonds. The Bertz CT molecular complexity index is 853. The van der Waals surface area contributed by atoms with E-state index in [1.54, 1.807) is 6.92 Å². The normalized spacial score (nSPS) is 10.2. The number of ether oxygens (including phenoxy) is 1. The molecule has 0 radical (unpaired) electrons. The van der Waals surface area contributed by atoms with Crippen LogP contribution in [0.25, 0.3) is 0 Å². The predicted octanol–water partition coefficient (Wildman–Crippen LogP) is 3.06. The first-order valence-electron chi connectivity index (χ1n) is 6.98. The Morgan fingerprint density at radius 1 is 1.28 bits per heavy atom. The maximum Gasteiger partial charge on any atom is 0.342 e. The molecule has 2 N–H and O–H groups in total. The lowest BCUT2D eigenvalue weighted by atomic mass is 10.2. The van der Waals surface area contributed by atoms with Crippen molar-refractivity contribution in [2.75, 3.05) is 11.9 Å². The molecule has 0 aliphatic heterocycles. The highest BCUT2D eigenvalue weighted by molar-refractivity contribution is 6.31. The van der Waals surface area contributed by atoms with Crippen molar-refractivity contribution < 1.29 is 24.4 Å². The summed E-state index contributed by atoms with van der Waals surface area (Å²) in [7, 11) is 0. The largest absolute Gasteiger partial charge is 0.507 e. The van der Waals surface area contributed by atoms with Crippen LogP contribution >= 0.6 is 11.6 Å². The summed E-state index contributed by atoms with van der Waals surface area (Å²) in [4.78, 5) is 33.9. The van der Waals surface area contributed by atoms with E-state index in [0.717, 1.165) is 0 Å². The molecule has 0 atom stereocenters. The van der Waals surface area contributed by atoms with E-state index in [9.17, 15) is 24.8 Å². The van der Waals surface area contributed by atoms with Crippen LogP contribution in [0.5, 0.6) is 5.75 Å². The number of phenolic OH excluding ortho intramolecular Hbond substituents is 1. The highest BCUT2D eigenvalue weighted by atomic mass is 35.5. The molecule has 0 unspecified atom stereocenters. The second-order valence-corrected chi connectivity index (χ2v) is 5.48. The number of rotatable bonds is 5. The standard InChI is InChI=1S/C16H13ClN2O6/c1-9-6-11(19(23)24)3-4-13(9)18-15(21)8-25-16(22)12-7-10(17)2-5-14(12)20/h2-7,20H,8H2,1H3,(H,18,21).